The minimum atomic E-state index is 0.355. The van der Waals surface area contributed by atoms with Crippen molar-refractivity contribution in [1.29, 1.82) is 5.26 Å². The Balaban J connectivity index is 2.95. The van der Waals surface area contributed by atoms with Crippen LogP contribution in [0.15, 0.2) is 0 Å². The topological polar surface area (TPSA) is 62.0 Å². The molecule has 1 heterocycles. The van der Waals surface area contributed by atoms with Crippen LogP contribution in [0.4, 0.5) is 0 Å². The SMILES string of the molecule is CCc1nnc(OCCN(C)C)c(C#N)c1CC. The zero-order valence-electron chi connectivity index (χ0n) is 11.5. The molecular weight excluding hydrogens is 228 g/mol. The van der Waals surface area contributed by atoms with Crippen molar-refractivity contribution in [3.05, 3.63) is 16.8 Å². The van der Waals surface area contributed by atoms with E-state index >= 15 is 0 Å². The normalized spacial score (nSPS) is 10.4. The van der Waals surface area contributed by atoms with E-state index in [1.807, 2.05) is 32.8 Å². The van der Waals surface area contributed by atoms with Crippen LogP contribution >= 0.6 is 0 Å². The number of nitrogens with zero attached hydrogens (tertiary/aromatic N) is 4. The van der Waals surface area contributed by atoms with Crippen molar-refractivity contribution in [2.45, 2.75) is 26.7 Å². The molecular formula is C13H20N4O. The molecule has 0 aliphatic heterocycles. The smallest absolute Gasteiger partial charge is 0.251 e. The maximum Gasteiger partial charge on any atom is 0.251 e. The van der Waals surface area contributed by atoms with Gasteiger partial charge in [0.25, 0.3) is 5.88 Å². The molecule has 1 aromatic heterocycles. The third-order valence-electron chi connectivity index (χ3n) is 2.70. The van der Waals surface area contributed by atoms with Crippen LogP contribution in [0.1, 0.15) is 30.7 Å². The van der Waals surface area contributed by atoms with Gasteiger partial charge in [-0.3, -0.25) is 0 Å². The summed E-state index contributed by atoms with van der Waals surface area (Å²) in [5.74, 6) is 0.355. The lowest BCUT2D eigenvalue weighted by Gasteiger charge is -2.13. The van der Waals surface area contributed by atoms with E-state index in [1.165, 1.54) is 0 Å². The third-order valence-corrected chi connectivity index (χ3v) is 2.70. The molecule has 18 heavy (non-hydrogen) atoms. The van der Waals surface area contributed by atoms with Crippen molar-refractivity contribution in [3.63, 3.8) is 0 Å². The van der Waals surface area contributed by atoms with E-state index in [-0.39, 0.29) is 0 Å². The number of nitriles is 1. The molecule has 0 bridgehead atoms. The van der Waals surface area contributed by atoms with E-state index < -0.39 is 0 Å². The standard InChI is InChI=1S/C13H20N4O/c1-5-10-11(9-14)13(16-15-12(10)6-2)18-8-7-17(3)4/h5-8H2,1-4H3. The Kier molecular flexibility index (Phi) is 5.53. The molecule has 0 aromatic carbocycles. The van der Waals surface area contributed by atoms with E-state index in [4.69, 9.17) is 4.74 Å². The lowest BCUT2D eigenvalue weighted by atomic mass is 10.0. The molecule has 0 N–H and O–H groups in total. The molecule has 0 saturated carbocycles. The monoisotopic (exact) mass is 248 g/mol. The molecule has 98 valence electrons. The van der Waals surface area contributed by atoms with Crippen LogP contribution in [-0.4, -0.2) is 42.3 Å². The minimum Gasteiger partial charge on any atom is -0.474 e. The van der Waals surface area contributed by atoms with Crippen molar-refractivity contribution in [1.82, 2.24) is 15.1 Å². The minimum absolute atomic E-state index is 0.355. The third kappa shape index (κ3) is 3.41. The molecule has 0 amide bonds. The van der Waals surface area contributed by atoms with Gasteiger partial charge in [-0.05, 0) is 32.5 Å². The number of aryl methyl sites for hydroxylation is 1. The van der Waals surface area contributed by atoms with Crippen molar-refractivity contribution in [3.8, 4) is 11.9 Å². The first kappa shape index (κ1) is 14.4. The molecule has 1 aromatic rings. The first-order valence-corrected chi connectivity index (χ1v) is 6.20. The molecule has 0 unspecified atom stereocenters. The maximum absolute atomic E-state index is 9.25. The fourth-order valence-electron chi connectivity index (χ4n) is 1.70. The van der Waals surface area contributed by atoms with E-state index in [2.05, 4.69) is 16.3 Å². The van der Waals surface area contributed by atoms with Crippen LogP contribution < -0.4 is 4.74 Å². The average Bonchev–Trinajstić information content (AvgIpc) is 2.37. The molecule has 1 rings (SSSR count). The Hall–Kier alpha value is -1.67. The van der Waals surface area contributed by atoms with E-state index in [0.29, 0.717) is 18.1 Å². The first-order valence-electron chi connectivity index (χ1n) is 6.20. The van der Waals surface area contributed by atoms with Gasteiger partial charge in [-0.2, -0.15) is 10.4 Å². The Morgan fingerprint density at radius 2 is 1.94 bits per heavy atom. The molecule has 5 nitrogen and oxygen atoms in total. The predicted molar refractivity (Wildman–Crippen MR) is 69.6 cm³/mol. The molecule has 0 aliphatic carbocycles. The molecule has 0 fully saturated rings. The average molecular weight is 248 g/mol. The molecule has 0 saturated heterocycles. The maximum atomic E-state index is 9.25. The number of hydrogen-bond acceptors (Lipinski definition) is 5. The van der Waals surface area contributed by atoms with E-state index in [9.17, 15) is 5.26 Å². The van der Waals surface area contributed by atoms with Gasteiger partial charge in [-0.15, -0.1) is 5.10 Å². The zero-order chi connectivity index (χ0) is 13.5. The second kappa shape index (κ2) is 6.92. The number of hydrogen-bond donors (Lipinski definition) is 0. The van der Waals surface area contributed by atoms with Crippen LogP contribution in [0.25, 0.3) is 0 Å². The summed E-state index contributed by atoms with van der Waals surface area (Å²) in [6, 6.07) is 2.19. The van der Waals surface area contributed by atoms with Gasteiger partial charge >= 0.3 is 0 Å². The molecule has 0 atom stereocenters. The highest BCUT2D eigenvalue weighted by atomic mass is 16.5. The fourth-order valence-corrected chi connectivity index (χ4v) is 1.70. The Bertz CT molecular complexity index is 437. The largest absolute Gasteiger partial charge is 0.474 e. The van der Waals surface area contributed by atoms with Gasteiger partial charge < -0.3 is 9.64 Å². The van der Waals surface area contributed by atoms with Crippen molar-refractivity contribution in [2.75, 3.05) is 27.2 Å². The highest BCUT2D eigenvalue weighted by molar-refractivity contribution is 5.46. The van der Waals surface area contributed by atoms with Gasteiger partial charge in [0.15, 0.2) is 0 Å². The highest BCUT2D eigenvalue weighted by Crippen LogP contribution is 2.21. The van der Waals surface area contributed by atoms with Crippen LogP contribution in [-0.2, 0) is 12.8 Å². The summed E-state index contributed by atoms with van der Waals surface area (Å²) in [5, 5.41) is 17.4. The van der Waals surface area contributed by atoms with Crippen molar-refractivity contribution >= 4 is 0 Å². The summed E-state index contributed by atoms with van der Waals surface area (Å²) in [6.45, 7) is 5.31. The summed E-state index contributed by atoms with van der Waals surface area (Å²) < 4.78 is 5.54. The summed E-state index contributed by atoms with van der Waals surface area (Å²) in [6.07, 6.45) is 1.55. The summed E-state index contributed by atoms with van der Waals surface area (Å²) in [5.41, 5.74) is 2.37. The van der Waals surface area contributed by atoms with E-state index in [1.54, 1.807) is 0 Å². The molecule has 0 radical (unpaired) electrons. The second-order valence-corrected chi connectivity index (χ2v) is 4.28. The first-order chi connectivity index (χ1) is 8.63. The Morgan fingerprint density at radius 1 is 1.22 bits per heavy atom. The Morgan fingerprint density at radius 3 is 2.44 bits per heavy atom. The summed E-state index contributed by atoms with van der Waals surface area (Å²) in [7, 11) is 3.94. The van der Waals surface area contributed by atoms with Gasteiger partial charge in [0.1, 0.15) is 18.2 Å². The van der Waals surface area contributed by atoms with Gasteiger partial charge in [0.05, 0.1) is 5.69 Å². The predicted octanol–water partition coefficient (Wildman–Crippen LogP) is 1.41. The molecule has 0 aliphatic rings. The van der Waals surface area contributed by atoms with Gasteiger partial charge in [-0.1, -0.05) is 13.8 Å². The molecule has 0 spiro atoms. The number of likely N-dealkylation sites (N-methyl/N-ethyl adjacent to an activating group) is 1. The zero-order valence-corrected chi connectivity index (χ0v) is 11.5. The Labute approximate surface area is 108 Å². The number of ether oxygens (including phenoxy) is 1. The summed E-state index contributed by atoms with van der Waals surface area (Å²) in [4.78, 5) is 2.01. The van der Waals surface area contributed by atoms with E-state index in [0.717, 1.165) is 30.6 Å². The van der Waals surface area contributed by atoms with Crippen molar-refractivity contribution < 1.29 is 4.74 Å². The second-order valence-electron chi connectivity index (χ2n) is 4.28. The lowest BCUT2D eigenvalue weighted by Crippen LogP contribution is -2.20. The van der Waals surface area contributed by atoms with Crippen LogP contribution in [0.3, 0.4) is 0 Å². The van der Waals surface area contributed by atoms with Gasteiger partial charge in [0.2, 0.25) is 0 Å². The van der Waals surface area contributed by atoms with Crippen LogP contribution in [0, 0.1) is 11.3 Å². The quantitative estimate of drug-likeness (QED) is 0.761. The number of rotatable bonds is 6. The highest BCUT2D eigenvalue weighted by Gasteiger charge is 2.15. The van der Waals surface area contributed by atoms with Crippen LogP contribution in [0.5, 0.6) is 5.88 Å². The summed E-state index contributed by atoms with van der Waals surface area (Å²) >= 11 is 0. The fraction of sp³-hybridized carbons (Fsp3) is 0.615. The lowest BCUT2D eigenvalue weighted by molar-refractivity contribution is 0.250. The van der Waals surface area contributed by atoms with Crippen LogP contribution in [0.2, 0.25) is 0 Å². The van der Waals surface area contributed by atoms with Crippen molar-refractivity contribution in [2.24, 2.45) is 0 Å². The molecule has 5 heteroatoms. The number of aromatic nitrogens is 2. The van der Waals surface area contributed by atoms with Gasteiger partial charge in [-0.25, -0.2) is 0 Å². The van der Waals surface area contributed by atoms with Gasteiger partial charge in [0, 0.05) is 6.54 Å².